The van der Waals surface area contributed by atoms with Crippen LogP contribution in [-0.2, 0) is 7.05 Å². The Kier molecular flexibility index (Phi) is 3.41. The average Bonchev–Trinajstić information content (AvgIpc) is 2.42. The molecule has 0 aliphatic rings. The third kappa shape index (κ3) is 2.15. The molecule has 0 aromatic carbocycles. The standard InChI is InChI=1S/C7H10Cl2N4O2/c1-11(2)7-5(13(14)15)4(6(8)9)12(3)10-7/h6H,1-3H3. The Morgan fingerprint density at radius 2 is 2.07 bits per heavy atom. The van der Waals surface area contributed by atoms with Crippen LogP contribution >= 0.6 is 23.2 Å². The summed E-state index contributed by atoms with van der Waals surface area (Å²) in [6.45, 7) is 0. The zero-order chi connectivity index (χ0) is 11.7. The summed E-state index contributed by atoms with van der Waals surface area (Å²) in [7, 11) is 4.89. The molecule has 1 rings (SSSR count). The number of anilines is 1. The van der Waals surface area contributed by atoms with Gasteiger partial charge in [-0.05, 0) is 0 Å². The van der Waals surface area contributed by atoms with Gasteiger partial charge in [0, 0.05) is 21.1 Å². The number of rotatable bonds is 3. The summed E-state index contributed by atoms with van der Waals surface area (Å²) in [5.41, 5.74) is 0.0320. The fourth-order valence-electron chi connectivity index (χ4n) is 1.23. The number of hydrogen-bond donors (Lipinski definition) is 0. The van der Waals surface area contributed by atoms with E-state index in [2.05, 4.69) is 5.10 Å². The number of hydrogen-bond acceptors (Lipinski definition) is 4. The molecule has 0 fully saturated rings. The molecule has 0 saturated carbocycles. The minimum Gasteiger partial charge on any atom is -0.356 e. The fraction of sp³-hybridized carbons (Fsp3) is 0.571. The molecule has 0 saturated heterocycles. The molecule has 0 bridgehead atoms. The Morgan fingerprint density at radius 3 is 2.40 bits per heavy atom. The van der Waals surface area contributed by atoms with Crippen molar-refractivity contribution in [3.05, 3.63) is 15.8 Å². The lowest BCUT2D eigenvalue weighted by Gasteiger charge is -2.06. The highest BCUT2D eigenvalue weighted by Crippen LogP contribution is 2.37. The second-order valence-corrected chi connectivity index (χ2v) is 4.23. The summed E-state index contributed by atoms with van der Waals surface area (Å²) in [5.74, 6) is 0.240. The van der Waals surface area contributed by atoms with E-state index < -0.39 is 9.76 Å². The Labute approximate surface area is 96.5 Å². The van der Waals surface area contributed by atoms with Gasteiger partial charge in [-0.2, -0.15) is 0 Å². The quantitative estimate of drug-likeness (QED) is 0.468. The van der Waals surface area contributed by atoms with Gasteiger partial charge in [0.15, 0.2) is 10.5 Å². The molecule has 0 radical (unpaired) electrons. The largest absolute Gasteiger partial charge is 0.356 e. The maximum atomic E-state index is 10.9. The van der Waals surface area contributed by atoms with E-state index in [0.29, 0.717) is 0 Å². The molecule has 0 N–H and O–H groups in total. The molecule has 84 valence electrons. The van der Waals surface area contributed by atoms with Crippen molar-refractivity contribution < 1.29 is 4.92 Å². The molecule has 0 aliphatic carbocycles. The predicted molar refractivity (Wildman–Crippen MR) is 58.6 cm³/mol. The van der Waals surface area contributed by atoms with Crippen LogP contribution < -0.4 is 4.90 Å². The van der Waals surface area contributed by atoms with E-state index >= 15 is 0 Å². The molecular weight excluding hydrogens is 243 g/mol. The lowest BCUT2D eigenvalue weighted by Crippen LogP contribution is -2.11. The van der Waals surface area contributed by atoms with Gasteiger partial charge in [-0.25, -0.2) is 0 Å². The summed E-state index contributed by atoms with van der Waals surface area (Å²) in [6.07, 6.45) is 0. The maximum absolute atomic E-state index is 10.9. The highest BCUT2D eigenvalue weighted by molar-refractivity contribution is 6.44. The molecule has 1 aromatic heterocycles. The highest BCUT2D eigenvalue weighted by Gasteiger charge is 2.31. The monoisotopic (exact) mass is 252 g/mol. The van der Waals surface area contributed by atoms with E-state index in [0.717, 1.165) is 0 Å². The van der Waals surface area contributed by atoms with E-state index in [9.17, 15) is 10.1 Å². The van der Waals surface area contributed by atoms with E-state index in [1.54, 1.807) is 21.1 Å². The van der Waals surface area contributed by atoms with Crippen molar-refractivity contribution >= 4 is 34.7 Å². The summed E-state index contributed by atoms with van der Waals surface area (Å²) in [6, 6.07) is 0. The first-order valence-electron chi connectivity index (χ1n) is 4.03. The maximum Gasteiger partial charge on any atom is 0.336 e. The van der Waals surface area contributed by atoms with Crippen LogP contribution in [0.1, 0.15) is 10.5 Å². The van der Waals surface area contributed by atoms with Gasteiger partial charge >= 0.3 is 5.69 Å². The van der Waals surface area contributed by atoms with E-state index in [-0.39, 0.29) is 17.2 Å². The van der Waals surface area contributed by atoms with Crippen LogP contribution in [0.2, 0.25) is 0 Å². The number of aromatic nitrogens is 2. The van der Waals surface area contributed by atoms with E-state index in [1.165, 1.54) is 9.58 Å². The molecule has 0 aliphatic heterocycles. The minimum absolute atomic E-state index is 0.155. The molecule has 15 heavy (non-hydrogen) atoms. The average molecular weight is 253 g/mol. The Morgan fingerprint density at radius 1 is 1.53 bits per heavy atom. The lowest BCUT2D eigenvalue weighted by atomic mass is 10.3. The number of nitrogens with zero attached hydrogens (tertiary/aromatic N) is 4. The summed E-state index contributed by atoms with van der Waals surface area (Å²) >= 11 is 11.3. The Balaban J connectivity index is 3.44. The van der Waals surface area contributed by atoms with Gasteiger partial charge in [0.1, 0.15) is 0 Å². The fourth-order valence-corrected chi connectivity index (χ4v) is 1.72. The van der Waals surface area contributed by atoms with Crippen LogP contribution in [0.4, 0.5) is 11.5 Å². The van der Waals surface area contributed by atoms with Gasteiger partial charge in [-0.1, -0.05) is 23.2 Å². The zero-order valence-electron chi connectivity index (χ0n) is 8.44. The third-order valence-electron chi connectivity index (χ3n) is 1.86. The molecule has 6 nitrogen and oxygen atoms in total. The zero-order valence-corrected chi connectivity index (χ0v) is 9.95. The van der Waals surface area contributed by atoms with Gasteiger partial charge < -0.3 is 4.90 Å². The molecule has 1 heterocycles. The molecule has 0 unspecified atom stereocenters. The van der Waals surface area contributed by atoms with E-state index in [1.807, 2.05) is 0 Å². The number of alkyl halides is 2. The SMILES string of the molecule is CN(C)c1nn(C)c(C(Cl)Cl)c1[N+](=O)[O-]. The number of aryl methyl sites for hydroxylation is 1. The minimum atomic E-state index is -0.975. The molecular formula is C7H10Cl2N4O2. The van der Waals surface area contributed by atoms with Crippen molar-refractivity contribution in [3.8, 4) is 0 Å². The topological polar surface area (TPSA) is 64.2 Å². The van der Waals surface area contributed by atoms with Crippen molar-refractivity contribution in [2.75, 3.05) is 19.0 Å². The van der Waals surface area contributed by atoms with Crippen LogP contribution in [0.15, 0.2) is 0 Å². The summed E-state index contributed by atoms with van der Waals surface area (Å²) < 4.78 is 1.32. The van der Waals surface area contributed by atoms with Gasteiger partial charge in [0.25, 0.3) is 0 Å². The summed E-state index contributed by atoms with van der Waals surface area (Å²) in [4.78, 5) is 10.9. The second kappa shape index (κ2) is 4.24. The number of nitro groups is 1. The predicted octanol–water partition coefficient (Wildman–Crippen LogP) is 1.87. The van der Waals surface area contributed by atoms with Crippen LogP contribution in [-0.4, -0.2) is 28.8 Å². The smallest absolute Gasteiger partial charge is 0.336 e. The Bertz CT molecular complexity index is 389. The van der Waals surface area contributed by atoms with Gasteiger partial charge in [-0.15, -0.1) is 5.10 Å². The normalized spacial score (nSPS) is 10.8. The van der Waals surface area contributed by atoms with Gasteiger partial charge in [-0.3, -0.25) is 14.8 Å². The van der Waals surface area contributed by atoms with E-state index in [4.69, 9.17) is 23.2 Å². The van der Waals surface area contributed by atoms with Crippen molar-refractivity contribution in [3.63, 3.8) is 0 Å². The van der Waals surface area contributed by atoms with Crippen LogP contribution in [0, 0.1) is 10.1 Å². The van der Waals surface area contributed by atoms with Crippen molar-refractivity contribution in [1.82, 2.24) is 9.78 Å². The Hall–Kier alpha value is -1.01. The molecule has 0 amide bonds. The van der Waals surface area contributed by atoms with Crippen molar-refractivity contribution in [1.29, 1.82) is 0 Å². The second-order valence-electron chi connectivity index (χ2n) is 3.13. The summed E-state index contributed by atoms with van der Waals surface area (Å²) in [5, 5.41) is 14.9. The molecule has 8 heteroatoms. The van der Waals surface area contributed by atoms with Gasteiger partial charge in [0.05, 0.1) is 4.92 Å². The molecule has 0 spiro atoms. The highest BCUT2D eigenvalue weighted by atomic mass is 35.5. The van der Waals surface area contributed by atoms with Crippen molar-refractivity contribution in [2.24, 2.45) is 7.05 Å². The third-order valence-corrected chi connectivity index (χ3v) is 2.27. The van der Waals surface area contributed by atoms with Crippen LogP contribution in [0.5, 0.6) is 0 Å². The molecule has 1 aromatic rings. The van der Waals surface area contributed by atoms with Crippen LogP contribution in [0.25, 0.3) is 0 Å². The first-order valence-corrected chi connectivity index (χ1v) is 4.90. The number of halogens is 2. The van der Waals surface area contributed by atoms with Crippen LogP contribution in [0.3, 0.4) is 0 Å². The lowest BCUT2D eigenvalue weighted by molar-refractivity contribution is -0.384. The van der Waals surface area contributed by atoms with Crippen molar-refractivity contribution in [2.45, 2.75) is 4.84 Å². The first kappa shape index (κ1) is 12.1. The first-order chi connectivity index (χ1) is 6.86. The van der Waals surface area contributed by atoms with Gasteiger partial charge in [0.2, 0.25) is 5.82 Å². The molecule has 0 atom stereocenters.